The van der Waals surface area contributed by atoms with E-state index in [-0.39, 0.29) is 12.5 Å². The third-order valence-electron chi connectivity index (χ3n) is 4.54. The van der Waals surface area contributed by atoms with E-state index in [1.807, 2.05) is 7.05 Å². The number of benzene rings is 1. The minimum atomic E-state index is -3.50. The predicted molar refractivity (Wildman–Crippen MR) is 96.8 cm³/mol. The molecule has 0 radical (unpaired) electrons. The van der Waals surface area contributed by atoms with Gasteiger partial charge in [-0.25, -0.2) is 8.42 Å². The van der Waals surface area contributed by atoms with E-state index < -0.39 is 16.1 Å². The summed E-state index contributed by atoms with van der Waals surface area (Å²) in [5, 5.41) is 0.417. The van der Waals surface area contributed by atoms with E-state index in [9.17, 15) is 13.2 Å². The number of rotatable bonds is 2. The zero-order chi connectivity index (χ0) is 18.2. The Morgan fingerprint density at radius 1 is 1.20 bits per heavy atom. The van der Waals surface area contributed by atoms with Crippen molar-refractivity contribution in [3.8, 4) is 5.75 Å². The van der Waals surface area contributed by atoms with Crippen LogP contribution in [0.1, 0.15) is 6.42 Å². The van der Waals surface area contributed by atoms with Crippen molar-refractivity contribution < 1.29 is 17.9 Å². The van der Waals surface area contributed by atoms with Crippen LogP contribution < -0.4 is 9.04 Å². The van der Waals surface area contributed by atoms with Crippen molar-refractivity contribution in [3.05, 3.63) is 23.2 Å². The highest BCUT2D eigenvalue weighted by Gasteiger charge is 2.34. The number of amides is 1. The first kappa shape index (κ1) is 18.3. The van der Waals surface area contributed by atoms with Gasteiger partial charge in [-0.1, -0.05) is 11.6 Å². The summed E-state index contributed by atoms with van der Waals surface area (Å²) < 4.78 is 31.5. The normalized spacial score (nSPS) is 22.1. The van der Waals surface area contributed by atoms with Gasteiger partial charge in [0.25, 0.3) is 5.91 Å². The van der Waals surface area contributed by atoms with Crippen LogP contribution in [0.5, 0.6) is 5.75 Å². The van der Waals surface area contributed by atoms with Gasteiger partial charge in [-0.15, -0.1) is 0 Å². The summed E-state index contributed by atoms with van der Waals surface area (Å²) in [7, 11) is -1.48. The zero-order valence-electron chi connectivity index (χ0n) is 14.3. The molecule has 0 spiro atoms. The lowest BCUT2D eigenvalue weighted by molar-refractivity contribution is -0.140. The van der Waals surface area contributed by atoms with Gasteiger partial charge >= 0.3 is 0 Å². The van der Waals surface area contributed by atoms with Crippen LogP contribution in [0.2, 0.25) is 5.02 Å². The van der Waals surface area contributed by atoms with Gasteiger partial charge in [0.1, 0.15) is 5.75 Å². The fourth-order valence-corrected chi connectivity index (χ4v) is 4.20. The largest absolute Gasteiger partial charge is 0.478 e. The number of anilines is 1. The second-order valence-corrected chi connectivity index (χ2v) is 8.81. The predicted octanol–water partition coefficient (Wildman–Crippen LogP) is 1.03. The number of ether oxygens (including phenoxy) is 1. The van der Waals surface area contributed by atoms with Crippen molar-refractivity contribution in [2.45, 2.75) is 12.5 Å². The summed E-state index contributed by atoms with van der Waals surface area (Å²) in [5.41, 5.74) is 0.378. The molecule has 9 heteroatoms. The molecular formula is C16H22ClN3O4S. The standard InChI is InChI=1S/C16H22ClN3O4S/c1-18-7-9-19(10-8-18)16(21)15-5-6-20(25(2,22)23)13-11-12(17)3-4-14(13)24-15/h3-4,11,15H,5-10H2,1-2H3. The number of hydrogen-bond donors (Lipinski definition) is 0. The van der Waals surface area contributed by atoms with Gasteiger partial charge in [0.05, 0.1) is 11.9 Å². The molecule has 1 amide bonds. The molecule has 1 unspecified atom stereocenters. The van der Waals surface area contributed by atoms with E-state index in [1.54, 1.807) is 23.1 Å². The van der Waals surface area contributed by atoms with Crippen molar-refractivity contribution in [1.29, 1.82) is 0 Å². The number of fused-ring (bicyclic) bond motifs is 1. The van der Waals surface area contributed by atoms with Gasteiger partial charge in [0, 0.05) is 44.2 Å². The molecule has 1 atom stereocenters. The van der Waals surface area contributed by atoms with E-state index in [0.717, 1.165) is 19.3 Å². The van der Waals surface area contributed by atoms with Gasteiger partial charge in [-0.3, -0.25) is 9.10 Å². The number of piperazine rings is 1. The summed E-state index contributed by atoms with van der Waals surface area (Å²) in [6.07, 6.45) is 0.736. The van der Waals surface area contributed by atoms with Crippen molar-refractivity contribution in [3.63, 3.8) is 0 Å². The maximum absolute atomic E-state index is 12.8. The van der Waals surface area contributed by atoms with Gasteiger partial charge < -0.3 is 14.5 Å². The molecule has 1 aromatic rings. The van der Waals surface area contributed by atoms with Crippen LogP contribution in [-0.4, -0.2) is 76.3 Å². The first-order chi connectivity index (χ1) is 11.8. The summed E-state index contributed by atoms with van der Waals surface area (Å²) in [4.78, 5) is 16.8. The maximum atomic E-state index is 12.8. The number of likely N-dealkylation sites (N-methyl/N-ethyl adjacent to an activating group) is 1. The molecule has 2 aliphatic heterocycles. The lowest BCUT2D eigenvalue weighted by atomic mass is 10.2. The lowest BCUT2D eigenvalue weighted by Crippen LogP contribution is -2.51. The quantitative estimate of drug-likeness (QED) is 0.758. The van der Waals surface area contributed by atoms with Crippen molar-refractivity contribution in [1.82, 2.24) is 9.80 Å². The molecule has 0 bridgehead atoms. The molecule has 1 aromatic carbocycles. The molecule has 0 aromatic heterocycles. The zero-order valence-corrected chi connectivity index (χ0v) is 15.9. The smallest absolute Gasteiger partial charge is 0.263 e. The lowest BCUT2D eigenvalue weighted by Gasteiger charge is -2.34. The second kappa shape index (κ2) is 7.01. The number of carbonyl (C=O) groups is 1. The van der Waals surface area contributed by atoms with Crippen LogP contribution in [0.15, 0.2) is 18.2 Å². The number of sulfonamides is 1. The highest BCUT2D eigenvalue weighted by molar-refractivity contribution is 7.92. The fraction of sp³-hybridized carbons (Fsp3) is 0.562. The SMILES string of the molecule is CN1CCN(C(=O)C2CCN(S(C)(=O)=O)c3cc(Cl)ccc3O2)CC1. The summed E-state index contributed by atoms with van der Waals surface area (Å²) in [6, 6.07) is 4.80. The number of hydrogen-bond acceptors (Lipinski definition) is 5. The Balaban J connectivity index is 1.86. The molecule has 1 fully saturated rings. The van der Waals surface area contributed by atoms with E-state index in [0.29, 0.717) is 36.0 Å². The third kappa shape index (κ3) is 4.02. The average molecular weight is 388 g/mol. The molecule has 3 rings (SSSR count). The minimum Gasteiger partial charge on any atom is -0.478 e. The second-order valence-electron chi connectivity index (χ2n) is 6.47. The summed E-state index contributed by atoms with van der Waals surface area (Å²) >= 11 is 6.02. The molecule has 2 aliphatic rings. The molecular weight excluding hydrogens is 366 g/mol. The van der Waals surface area contributed by atoms with E-state index >= 15 is 0 Å². The van der Waals surface area contributed by atoms with E-state index in [1.165, 1.54) is 4.31 Å². The Kier molecular flexibility index (Phi) is 5.13. The maximum Gasteiger partial charge on any atom is 0.263 e. The molecule has 0 N–H and O–H groups in total. The van der Waals surface area contributed by atoms with Crippen LogP contribution in [0.3, 0.4) is 0 Å². The third-order valence-corrected chi connectivity index (χ3v) is 5.96. The minimum absolute atomic E-state index is 0.0932. The molecule has 25 heavy (non-hydrogen) atoms. The number of carbonyl (C=O) groups excluding carboxylic acids is 1. The highest BCUT2D eigenvalue weighted by Crippen LogP contribution is 2.36. The van der Waals surface area contributed by atoms with Crippen molar-refractivity contribution >= 4 is 33.2 Å². The molecule has 0 saturated carbocycles. The fourth-order valence-electron chi connectivity index (χ4n) is 3.10. The van der Waals surface area contributed by atoms with Crippen molar-refractivity contribution in [2.75, 3.05) is 50.3 Å². The van der Waals surface area contributed by atoms with Crippen LogP contribution in [-0.2, 0) is 14.8 Å². The van der Waals surface area contributed by atoms with Crippen LogP contribution >= 0.6 is 11.6 Å². The van der Waals surface area contributed by atoms with Gasteiger partial charge in [0.2, 0.25) is 10.0 Å². The van der Waals surface area contributed by atoms with Crippen LogP contribution in [0.4, 0.5) is 5.69 Å². The van der Waals surface area contributed by atoms with Gasteiger partial charge in [0.15, 0.2) is 6.10 Å². The van der Waals surface area contributed by atoms with Gasteiger partial charge in [-0.05, 0) is 25.2 Å². The van der Waals surface area contributed by atoms with Crippen molar-refractivity contribution in [2.24, 2.45) is 0 Å². The van der Waals surface area contributed by atoms with E-state index in [4.69, 9.17) is 16.3 Å². The highest BCUT2D eigenvalue weighted by atomic mass is 35.5. The van der Waals surface area contributed by atoms with Crippen LogP contribution in [0, 0.1) is 0 Å². The summed E-state index contributed by atoms with van der Waals surface area (Å²) in [6.45, 7) is 3.12. The first-order valence-corrected chi connectivity index (χ1v) is 10.4. The monoisotopic (exact) mass is 387 g/mol. The first-order valence-electron chi connectivity index (χ1n) is 8.17. The average Bonchev–Trinajstić information content (AvgIpc) is 2.73. The Morgan fingerprint density at radius 2 is 1.88 bits per heavy atom. The summed E-state index contributed by atoms with van der Waals surface area (Å²) in [5.74, 6) is 0.268. The topological polar surface area (TPSA) is 70.2 Å². The Hall–Kier alpha value is -1.51. The molecule has 1 saturated heterocycles. The molecule has 0 aliphatic carbocycles. The molecule has 138 valence electrons. The number of halogens is 1. The van der Waals surface area contributed by atoms with Crippen LogP contribution in [0.25, 0.3) is 0 Å². The van der Waals surface area contributed by atoms with Gasteiger partial charge in [-0.2, -0.15) is 0 Å². The molecule has 7 nitrogen and oxygen atoms in total. The Labute approximate surface area is 153 Å². The Bertz CT molecular complexity index is 763. The Morgan fingerprint density at radius 3 is 2.52 bits per heavy atom. The van der Waals surface area contributed by atoms with E-state index in [2.05, 4.69) is 4.90 Å². The molecule has 2 heterocycles. The number of nitrogens with zero attached hydrogens (tertiary/aromatic N) is 3.